The minimum absolute atomic E-state index is 0.0602. The minimum atomic E-state index is -0.641. The highest BCUT2D eigenvalue weighted by atomic mass is 35.5. The molecular weight excluding hydrogens is 297 g/mol. The second kappa shape index (κ2) is 6.89. The highest BCUT2D eigenvalue weighted by Gasteiger charge is 2.30. The first kappa shape index (κ1) is 15.8. The summed E-state index contributed by atoms with van der Waals surface area (Å²) in [4.78, 5) is 25.5. The van der Waals surface area contributed by atoms with Gasteiger partial charge in [-0.05, 0) is 31.0 Å². The molecule has 0 aromatic heterocycles. The fourth-order valence-corrected chi connectivity index (χ4v) is 2.77. The first-order valence-electron chi connectivity index (χ1n) is 6.85. The van der Waals surface area contributed by atoms with Crippen molar-refractivity contribution in [2.45, 2.75) is 31.7 Å². The number of amides is 1. The van der Waals surface area contributed by atoms with Crippen LogP contribution in [0.3, 0.4) is 0 Å². The van der Waals surface area contributed by atoms with Gasteiger partial charge in [0, 0.05) is 11.1 Å². The Labute approximate surface area is 127 Å². The lowest BCUT2D eigenvalue weighted by molar-refractivity contribution is -0.141. The zero-order valence-corrected chi connectivity index (χ0v) is 12.5. The summed E-state index contributed by atoms with van der Waals surface area (Å²) in [5, 5.41) is 0.282. The van der Waals surface area contributed by atoms with Crippen LogP contribution in [0.15, 0.2) is 18.2 Å². The first-order valence-corrected chi connectivity index (χ1v) is 7.23. The molecule has 0 spiro atoms. The Hall–Kier alpha value is -1.62. The lowest BCUT2D eigenvalue weighted by atomic mass is 10.1. The van der Waals surface area contributed by atoms with Crippen molar-refractivity contribution >= 4 is 23.5 Å². The lowest BCUT2D eigenvalue weighted by Gasteiger charge is -2.28. The summed E-state index contributed by atoms with van der Waals surface area (Å²) in [7, 11) is 1.26. The smallest absolute Gasteiger partial charge is 0.325 e. The molecule has 4 nitrogen and oxygen atoms in total. The quantitative estimate of drug-likeness (QED) is 0.803. The van der Waals surface area contributed by atoms with Gasteiger partial charge in [-0.15, -0.1) is 0 Å². The fourth-order valence-electron chi connectivity index (χ4n) is 2.60. The second-order valence-electron chi connectivity index (χ2n) is 5.07. The molecule has 1 aliphatic rings. The number of carbonyl (C=O) groups excluding carboxylic acids is 2. The number of carbonyl (C=O) groups is 2. The molecule has 21 heavy (non-hydrogen) atoms. The van der Waals surface area contributed by atoms with E-state index in [1.807, 2.05) is 0 Å². The van der Waals surface area contributed by atoms with Crippen LogP contribution in [0.5, 0.6) is 0 Å². The summed E-state index contributed by atoms with van der Waals surface area (Å²) in [5.41, 5.74) is -0.113. The third-order valence-corrected chi connectivity index (χ3v) is 3.95. The molecule has 6 heteroatoms. The molecule has 0 atom stereocenters. The van der Waals surface area contributed by atoms with E-state index in [1.165, 1.54) is 24.1 Å². The van der Waals surface area contributed by atoms with E-state index in [0.717, 1.165) is 31.7 Å². The second-order valence-corrected chi connectivity index (χ2v) is 5.51. The maximum atomic E-state index is 13.9. The van der Waals surface area contributed by atoms with Crippen molar-refractivity contribution in [2.24, 2.45) is 0 Å². The van der Waals surface area contributed by atoms with Crippen molar-refractivity contribution in [3.8, 4) is 0 Å². The maximum Gasteiger partial charge on any atom is 0.325 e. The van der Waals surface area contributed by atoms with Crippen molar-refractivity contribution in [1.29, 1.82) is 0 Å². The van der Waals surface area contributed by atoms with Crippen LogP contribution < -0.4 is 0 Å². The standard InChI is InChI=1S/C15H17ClFNO3/c1-21-14(19)9-18(11-4-2-3-5-11)15(20)12-8-10(16)6-7-13(12)17/h6-8,11H,2-5,9H2,1H3. The van der Waals surface area contributed by atoms with E-state index in [1.54, 1.807) is 0 Å². The summed E-state index contributed by atoms with van der Waals surface area (Å²) in [5.74, 6) is -1.68. The van der Waals surface area contributed by atoms with E-state index >= 15 is 0 Å². The first-order chi connectivity index (χ1) is 10.0. The molecule has 1 amide bonds. The third kappa shape index (κ3) is 3.73. The van der Waals surface area contributed by atoms with Gasteiger partial charge in [0.2, 0.25) is 0 Å². The molecule has 1 aromatic rings. The van der Waals surface area contributed by atoms with Gasteiger partial charge in [-0.3, -0.25) is 9.59 Å². The number of halogens is 2. The molecule has 1 aromatic carbocycles. The number of methoxy groups -OCH3 is 1. The summed E-state index contributed by atoms with van der Waals surface area (Å²) in [6.07, 6.45) is 3.61. The van der Waals surface area contributed by atoms with Crippen LogP contribution in [0.2, 0.25) is 5.02 Å². The van der Waals surface area contributed by atoms with Gasteiger partial charge in [-0.1, -0.05) is 24.4 Å². The van der Waals surface area contributed by atoms with Gasteiger partial charge in [0.1, 0.15) is 12.4 Å². The van der Waals surface area contributed by atoms with Gasteiger partial charge in [-0.2, -0.15) is 0 Å². The summed E-state index contributed by atoms with van der Waals surface area (Å²) in [6, 6.07) is 3.77. The molecule has 0 bridgehead atoms. The maximum absolute atomic E-state index is 13.9. The monoisotopic (exact) mass is 313 g/mol. The molecule has 114 valence electrons. The molecule has 0 radical (unpaired) electrons. The largest absolute Gasteiger partial charge is 0.468 e. The molecule has 0 unspecified atom stereocenters. The fraction of sp³-hybridized carbons (Fsp3) is 0.467. The Bertz CT molecular complexity index is 544. The lowest BCUT2D eigenvalue weighted by Crippen LogP contribution is -2.43. The van der Waals surface area contributed by atoms with Crippen LogP contribution in [-0.2, 0) is 9.53 Å². The average molecular weight is 314 g/mol. The van der Waals surface area contributed by atoms with Crippen molar-refractivity contribution in [2.75, 3.05) is 13.7 Å². The van der Waals surface area contributed by atoms with Crippen LogP contribution in [-0.4, -0.2) is 36.5 Å². The number of esters is 1. The van der Waals surface area contributed by atoms with Gasteiger partial charge >= 0.3 is 5.97 Å². The molecule has 0 aliphatic heterocycles. The Morgan fingerprint density at radius 1 is 1.38 bits per heavy atom. The predicted octanol–water partition coefficient (Wildman–Crippen LogP) is 3.04. The number of hydrogen-bond donors (Lipinski definition) is 0. The van der Waals surface area contributed by atoms with Crippen molar-refractivity contribution < 1.29 is 18.7 Å². The average Bonchev–Trinajstić information content (AvgIpc) is 3.00. The summed E-state index contributed by atoms with van der Waals surface area (Å²) in [6.45, 7) is -0.175. The zero-order chi connectivity index (χ0) is 15.4. The Morgan fingerprint density at radius 3 is 2.67 bits per heavy atom. The minimum Gasteiger partial charge on any atom is -0.468 e. The van der Waals surface area contributed by atoms with E-state index in [9.17, 15) is 14.0 Å². The van der Waals surface area contributed by atoms with Crippen molar-refractivity contribution in [3.63, 3.8) is 0 Å². The molecule has 1 saturated carbocycles. The van der Waals surface area contributed by atoms with Crippen molar-refractivity contribution in [1.82, 2.24) is 4.90 Å². The van der Waals surface area contributed by atoms with Crippen LogP contribution in [0.1, 0.15) is 36.0 Å². The number of rotatable bonds is 4. The number of nitrogens with zero attached hydrogens (tertiary/aromatic N) is 1. The zero-order valence-electron chi connectivity index (χ0n) is 11.8. The van der Waals surface area contributed by atoms with Crippen LogP contribution in [0.25, 0.3) is 0 Å². The van der Waals surface area contributed by atoms with Crippen LogP contribution in [0.4, 0.5) is 4.39 Å². The molecule has 1 aliphatic carbocycles. The molecule has 1 fully saturated rings. The van der Waals surface area contributed by atoms with E-state index in [2.05, 4.69) is 4.74 Å². The van der Waals surface area contributed by atoms with Crippen molar-refractivity contribution in [3.05, 3.63) is 34.6 Å². The topological polar surface area (TPSA) is 46.6 Å². The van der Waals surface area contributed by atoms with Crippen LogP contribution >= 0.6 is 11.6 Å². The molecule has 2 rings (SSSR count). The molecule has 0 heterocycles. The van der Waals surface area contributed by atoms with Gasteiger partial charge < -0.3 is 9.64 Å². The normalized spacial score (nSPS) is 15.0. The van der Waals surface area contributed by atoms with Crippen LogP contribution in [0, 0.1) is 5.82 Å². The summed E-state index contributed by atoms with van der Waals surface area (Å²) >= 11 is 5.83. The summed E-state index contributed by atoms with van der Waals surface area (Å²) < 4.78 is 18.5. The van der Waals surface area contributed by atoms with Gasteiger partial charge in [0.05, 0.1) is 12.7 Å². The van der Waals surface area contributed by atoms with E-state index < -0.39 is 17.7 Å². The number of ether oxygens (including phenoxy) is 1. The van der Waals surface area contributed by atoms with Gasteiger partial charge in [-0.25, -0.2) is 4.39 Å². The predicted molar refractivity (Wildman–Crippen MR) is 76.7 cm³/mol. The SMILES string of the molecule is COC(=O)CN(C(=O)c1cc(Cl)ccc1F)C1CCCC1. The third-order valence-electron chi connectivity index (χ3n) is 3.71. The highest BCUT2D eigenvalue weighted by Crippen LogP contribution is 2.26. The van der Waals surface area contributed by atoms with E-state index in [0.29, 0.717) is 0 Å². The van der Waals surface area contributed by atoms with E-state index in [-0.39, 0.29) is 23.2 Å². The Morgan fingerprint density at radius 2 is 2.05 bits per heavy atom. The highest BCUT2D eigenvalue weighted by molar-refractivity contribution is 6.31. The Balaban J connectivity index is 2.28. The molecule has 0 N–H and O–H groups in total. The Kier molecular flexibility index (Phi) is 5.17. The van der Waals surface area contributed by atoms with Gasteiger partial charge in [0.25, 0.3) is 5.91 Å². The molecular formula is C15H17ClFNO3. The van der Waals surface area contributed by atoms with Gasteiger partial charge in [0.15, 0.2) is 0 Å². The van der Waals surface area contributed by atoms with E-state index in [4.69, 9.17) is 11.6 Å². The number of benzene rings is 1. The number of hydrogen-bond acceptors (Lipinski definition) is 3. The molecule has 0 saturated heterocycles.